The van der Waals surface area contributed by atoms with Crippen LogP contribution >= 0.6 is 15.9 Å². The van der Waals surface area contributed by atoms with Crippen LogP contribution in [0.25, 0.3) is 22.3 Å². The summed E-state index contributed by atoms with van der Waals surface area (Å²) >= 11 is 3.57. The Morgan fingerprint density at radius 2 is 0.913 bits per heavy atom. The first-order chi connectivity index (χ1) is 22.6. The fraction of sp³-hybridized carbons (Fsp3) is 0.0455. The number of anilines is 3. The molecule has 0 aliphatic heterocycles. The highest BCUT2D eigenvalue weighted by atomic mass is 79.9. The Morgan fingerprint density at radius 1 is 0.435 bits per heavy atom. The Kier molecular flexibility index (Phi) is 7.16. The van der Waals surface area contributed by atoms with E-state index in [0.29, 0.717) is 0 Å². The summed E-state index contributed by atoms with van der Waals surface area (Å²) in [6, 6.07) is 64.2. The van der Waals surface area contributed by atoms with E-state index >= 15 is 0 Å². The fourth-order valence-corrected chi connectivity index (χ4v) is 7.42. The van der Waals surface area contributed by atoms with Gasteiger partial charge in [0.05, 0.1) is 5.41 Å². The molecule has 0 radical (unpaired) electrons. The number of fused-ring (bicyclic) bond motifs is 3. The first-order valence-electron chi connectivity index (χ1n) is 15.7. The molecule has 7 aromatic carbocycles. The van der Waals surface area contributed by atoms with Crippen LogP contribution in [0, 0.1) is 6.92 Å². The van der Waals surface area contributed by atoms with Crippen LogP contribution in [0.15, 0.2) is 180 Å². The molecule has 2 heteroatoms. The fourth-order valence-electron chi connectivity index (χ4n) is 7.16. The molecule has 0 N–H and O–H groups in total. The zero-order valence-electron chi connectivity index (χ0n) is 25.6. The Bertz CT molecular complexity index is 2090. The van der Waals surface area contributed by atoms with Gasteiger partial charge in [-0.3, -0.25) is 0 Å². The molecule has 0 spiro atoms. The third-order valence-corrected chi connectivity index (χ3v) is 9.82. The molecule has 46 heavy (non-hydrogen) atoms. The van der Waals surface area contributed by atoms with Crippen LogP contribution in [0.4, 0.5) is 17.1 Å². The van der Waals surface area contributed by atoms with Crippen LogP contribution in [0.2, 0.25) is 0 Å². The van der Waals surface area contributed by atoms with E-state index in [0.717, 1.165) is 21.5 Å². The Balaban J connectivity index is 1.35. The van der Waals surface area contributed by atoms with Gasteiger partial charge in [0.2, 0.25) is 0 Å². The van der Waals surface area contributed by atoms with E-state index in [4.69, 9.17) is 0 Å². The van der Waals surface area contributed by atoms with Gasteiger partial charge >= 0.3 is 0 Å². The van der Waals surface area contributed by atoms with Crippen LogP contribution in [0.1, 0.15) is 27.8 Å². The van der Waals surface area contributed by atoms with E-state index in [2.05, 4.69) is 204 Å². The molecular weight excluding hydrogens is 622 g/mol. The maximum Gasteiger partial charge on any atom is 0.0714 e. The maximum atomic E-state index is 3.57. The van der Waals surface area contributed by atoms with Gasteiger partial charge in [-0.1, -0.05) is 149 Å². The summed E-state index contributed by atoms with van der Waals surface area (Å²) in [5.74, 6) is 0. The predicted molar refractivity (Wildman–Crippen MR) is 196 cm³/mol. The number of benzene rings is 7. The summed E-state index contributed by atoms with van der Waals surface area (Å²) in [6.45, 7) is 2.14. The Labute approximate surface area is 279 Å². The topological polar surface area (TPSA) is 3.24 Å². The van der Waals surface area contributed by atoms with Crippen molar-refractivity contribution in [2.75, 3.05) is 4.90 Å². The van der Waals surface area contributed by atoms with Gasteiger partial charge in [-0.05, 0) is 100.0 Å². The molecule has 0 unspecified atom stereocenters. The zero-order chi connectivity index (χ0) is 31.1. The van der Waals surface area contributed by atoms with E-state index in [-0.39, 0.29) is 0 Å². The third-order valence-electron chi connectivity index (χ3n) is 9.30. The van der Waals surface area contributed by atoms with Crippen LogP contribution in [0.3, 0.4) is 0 Å². The van der Waals surface area contributed by atoms with Gasteiger partial charge in [0, 0.05) is 21.5 Å². The molecule has 0 amide bonds. The molecule has 8 rings (SSSR count). The molecule has 0 atom stereocenters. The summed E-state index contributed by atoms with van der Waals surface area (Å²) < 4.78 is 1.08. The summed E-state index contributed by atoms with van der Waals surface area (Å²) in [5, 5.41) is 0. The average Bonchev–Trinajstić information content (AvgIpc) is 3.41. The van der Waals surface area contributed by atoms with Crippen molar-refractivity contribution in [2.24, 2.45) is 0 Å². The van der Waals surface area contributed by atoms with Crippen LogP contribution < -0.4 is 4.90 Å². The number of hydrogen-bond donors (Lipinski definition) is 0. The molecule has 7 aromatic rings. The summed E-state index contributed by atoms with van der Waals surface area (Å²) in [5.41, 5.74) is 14.3. The largest absolute Gasteiger partial charge is 0.310 e. The molecule has 0 aromatic heterocycles. The predicted octanol–water partition coefficient (Wildman–Crippen LogP) is 12.3. The highest BCUT2D eigenvalue weighted by Gasteiger charge is 2.46. The second-order valence-electron chi connectivity index (χ2n) is 12.0. The Hall–Kier alpha value is -5.18. The lowest BCUT2D eigenvalue weighted by Gasteiger charge is -2.35. The number of rotatable bonds is 6. The lowest BCUT2D eigenvalue weighted by Crippen LogP contribution is -2.28. The quantitative estimate of drug-likeness (QED) is 0.172. The summed E-state index contributed by atoms with van der Waals surface area (Å²) in [6.07, 6.45) is 0. The van der Waals surface area contributed by atoms with Crippen LogP contribution in [-0.4, -0.2) is 0 Å². The number of halogens is 1. The highest BCUT2D eigenvalue weighted by molar-refractivity contribution is 9.10. The van der Waals surface area contributed by atoms with Gasteiger partial charge in [0.15, 0.2) is 0 Å². The standard InChI is InChI=1S/C44H32BrN/c1-31-16-24-37(25-17-31)46(38-26-20-33(21-27-38)32-18-22-36(45)23-19-32)39-28-29-41-40-14-8-9-15-42(40)44(43(41)30-39,34-10-4-2-5-11-34)35-12-6-3-7-13-35/h2-30H,1H3. The molecule has 1 aliphatic carbocycles. The second-order valence-corrected chi connectivity index (χ2v) is 12.9. The van der Waals surface area contributed by atoms with Gasteiger partial charge in [0.25, 0.3) is 0 Å². The van der Waals surface area contributed by atoms with E-state index < -0.39 is 5.41 Å². The Morgan fingerprint density at radius 3 is 1.52 bits per heavy atom. The maximum absolute atomic E-state index is 3.57. The lowest BCUT2D eigenvalue weighted by molar-refractivity contribution is 0.768. The SMILES string of the molecule is Cc1ccc(N(c2ccc(-c3ccc(Br)cc3)cc2)c2ccc3c(c2)C(c2ccccc2)(c2ccccc2)c2ccccc2-3)cc1. The number of aryl methyl sites for hydroxylation is 1. The minimum absolute atomic E-state index is 0.450. The molecule has 1 nitrogen and oxygen atoms in total. The van der Waals surface area contributed by atoms with Crippen molar-refractivity contribution >= 4 is 33.0 Å². The normalized spacial score (nSPS) is 12.7. The molecule has 0 saturated carbocycles. The first kappa shape index (κ1) is 28.3. The minimum atomic E-state index is -0.450. The van der Waals surface area contributed by atoms with Crippen molar-refractivity contribution in [3.05, 3.63) is 208 Å². The number of hydrogen-bond acceptors (Lipinski definition) is 1. The molecule has 0 bridgehead atoms. The van der Waals surface area contributed by atoms with E-state index in [9.17, 15) is 0 Å². The molecule has 220 valence electrons. The molecule has 0 saturated heterocycles. The lowest BCUT2D eigenvalue weighted by atomic mass is 9.67. The van der Waals surface area contributed by atoms with E-state index in [1.54, 1.807) is 0 Å². The van der Waals surface area contributed by atoms with Crippen LogP contribution in [0.5, 0.6) is 0 Å². The minimum Gasteiger partial charge on any atom is -0.310 e. The van der Waals surface area contributed by atoms with Crippen molar-refractivity contribution in [1.82, 2.24) is 0 Å². The summed E-state index contributed by atoms with van der Waals surface area (Å²) in [4.78, 5) is 2.38. The van der Waals surface area contributed by atoms with Gasteiger partial charge in [-0.15, -0.1) is 0 Å². The highest BCUT2D eigenvalue weighted by Crippen LogP contribution is 2.57. The molecular formula is C44H32BrN. The number of nitrogens with zero attached hydrogens (tertiary/aromatic N) is 1. The van der Waals surface area contributed by atoms with Gasteiger partial charge in [-0.25, -0.2) is 0 Å². The smallest absolute Gasteiger partial charge is 0.0714 e. The monoisotopic (exact) mass is 653 g/mol. The summed E-state index contributed by atoms with van der Waals surface area (Å²) in [7, 11) is 0. The van der Waals surface area contributed by atoms with Crippen molar-refractivity contribution < 1.29 is 0 Å². The van der Waals surface area contributed by atoms with Gasteiger partial charge in [-0.2, -0.15) is 0 Å². The molecule has 0 fully saturated rings. The second kappa shape index (κ2) is 11.6. The van der Waals surface area contributed by atoms with Crippen molar-refractivity contribution in [2.45, 2.75) is 12.3 Å². The first-order valence-corrected chi connectivity index (χ1v) is 16.5. The van der Waals surface area contributed by atoms with E-state index in [1.165, 1.54) is 50.1 Å². The molecule has 1 aliphatic rings. The molecule has 0 heterocycles. The van der Waals surface area contributed by atoms with Gasteiger partial charge in [0.1, 0.15) is 0 Å². The van der Waals surface area contributed by atoms with Crippen molar-refractivity contribution in [3.63, 3.8) is 0 Å². The van der Waals surface area contributed by atoms with E-state index in [1.807, 2.05) is 0 Å². The van der Waals surface area contributed by atoms with Gasteiger partial charge < -0.3 is 4.90 Å². The van der Waals surface area contributed by atoms with Crippen LogP contribution in [-0.2, 0) is 5.41 Å². The van der Waals surface area contributed by atoms with Crippen molar-refractivity contribution in [1.29, 1.82) is 0 Å². The van der Waals surface area contributed by atoms with Crippen molar-refractivity contribution in [3.8, 4) is 22.3 Å². The zero-order valence-corrected chi connectivity index (χ0v) is 27.2. The average molecular weight is 655 g/mol. The third kappa shape index (κ3) is 4.69.